The Balaban J connectivity index is 1.54. The van der Waals surface area contributed by atoms with Crippen molar-refractivity contribution in [3.8, 4) is 0 Å². The highest BCUT2D eigenvalue weighted by Gasteiger charge is 2.36. The molecule has 10 heteroatoms. The Kier molecular flexibility index (Phi) is 7.26. The van der Waals surface area contributed by atoms with E-state index in [0.29, 0.717) is 24.1 Å². The molecule has 0 spiro atoms. The lowest BCUT2D eigenvalue weighted by Gasteiger charge is -2.36. The molecule has 196 valence electrons. The predicted molar refractivity (Wildman–Crippen MR) is 140 cm³/mol. The summed E-state index contributed by atoms with van der Waals surface area (Å²) in [7, 11) is 1.17. The van der Waals surface area contributed by atoms with E-state index >= 15 is 0 Å². The van der Waals surface area contributed by atoms with Gasteiger partial charge in [-0.15, -0.1) is 0 Å². The van der Waals surface area contributed by atoms with Crippen molar-refractivity contribution in [2.75, 3.05) is 12.0 Å². The quantitative estimate of drug-likeness (QED) is 0.378. The van der Waals surface area contributed by atoms with Gasteiger partial charge in [0.25, 0.3) is 11.5 Å². The zero-order chi connectivity index (χ0) is 27.4. The summed E-state index contributed by atoms with van der Waals surface area (Å²) in [6.07, 6.45) is 2.57. The summed E-state index contributed by atoms with van der Waals surface area (Å²) in [5.74, 6) is -1.80. The van der Waals surface area contributed by atoms with Gasteiger partial charge < -0.3 is 14.5 Å². The lowest BCUT2D eigenvalue weighted by atomic mass is 9.94. The number of nitrogens with zero attached hydrogens (tertiary/aromatic N) is 3. The van der Waals surface area contributed by atoms with Crippen LogP contribution in [0.4, 0.5) is 5.69 Å². The minimum Gasteiger partial charge on any atom is -0.464 e. The van der Waals surface area contributed by atoms with Crippen LogP contribution in [0, 0.1) is 0 Å². The van der Waals surface area contributed by atoms with E-state index in [1.54, 1.807) is 48.5 Å². The van der Waals surface area contributed by atoms with Gasteiger partial charge in [-0.25, -0.2) is 14.6 Å². The summed E-state index contributed by atoms with van der Waals surface area (Å²) in [6.45, 7) is -0.495. The van der Waals surface area contributed by atoms with Gasteiger partial charge in [0.2, 0.25) is 0 Å². The van der Waals surface area contributed by atoms with Crippen LogP contribution in [-0.4, -0.2) is 39.9 Å². The van der Waals surface area contributed by atoms with Gasteiger partial charge in [0.05, 0.1) is 24.3 Å². The SMILES string of the molecule is COC(=O)c1nc(C2CCc3ccccc3N2C(=O)c2ccccn2)[nH]c(=O)c1COC(=O)c1ccccc1. The number of hydrogen-bond donors (Lipinski definition) is 1. The van der Waals surface area contributed by atoms with E-state index in [0.717, 1.165) is 5.56 Å². The Hall–Kier alpha value is -5.12. The van der Waals surface area contributed by atoms with Crippen LogP contribution in [0.1, 0.15) is 60.7 Å². The lowest BCUT2D eigenvalue weighted by Crippen LogP contribution is -2.41. The number of H-pyrrole nitrogens is 1. The van der Waals surface area contributed by atoms with E-state index in [-0.39, 0.29) is 28.7 Å². The van der Waals surface area contributed by atoms with Gasteiger partial charge in [0.1, 0.15) is 18.1 Å². The summed E-state index contributed by atoms with van der Waals surface area (Å²) in [4.78, 5) is 65.0. The fourth-order valence-corrected chi connectivity index (χ4v) is 4.54. The number of hydrogen-bond acceptors (Lipinski definition) is 8. The molecule has 0 fully saturated rings. The summed E-state index contributed by atoms with van der Waals surface area (Å²) < 4.78 is 10.2. The molecule has 1 unspecified atom stereocenters. The number of pyridine rings is 1. The second kappa shape index (κ2) is 11.1. The third kappa shape index (κ3) is 5.17. The summed E-state index contributed by atoms with van der Waals surface area (Å²) in [6, 6.07) is 20.1. The fourth-order valence-electron chi connectivity index (χ4n) is 4.54. The Morgan fingerprint density at radius 2 is 1.72 bits per heavy atom. The van der Waals surface area contributed by atoms with E-state index in [1.807, 2.05) is 24.3 Å². The number of ether oxygens (including phenoxy) is 2. The number of rotatable bonds is 6. The van der Waals surface area contributed by atoms with E-state index in [4.69, 9.17) is 9.47 Å². The largest absolute Gasteiger partial charge is 0.464 e. The van der Waals surface area contributed by atoms with Gasteiger partial charge in [-0.05, 0) is 48.7 Å². The number of aromatic nitrogens is 3. The zero-order valence-electron chi connectivity index (χ0n) is 21.0. The van der Waals surface area contributed by atoms with Crippen molar-refractivity contribution in [3.05, 3.63) is 123 Å². The second-order valence-corrected chi connectivity index (χ2v) is 8.79. The maximum absolute atomic E-state index is 13.7. The number of amides is 1. The first kappa shape index (κ1) is 25.5. The van der Waals surface area contributed by atoms with E-state index < -0.39 is 30.1 Å². The maximum atomic E-state index is 13.7. The Morgan fingerprint density at radius 3 is 2.46 bits per heavy atom. The summed E-state index contributed by atoms with van der Waals surface area (Å²) in [5, 5.41) is 0. The fraction of sp³-hybridized carbons (Fsp3) is 0.172. The Labute approximate surface area is 223 Å². The van der Waals surface area contributed by atoms with E-state index in [9.17, 15) is 19.2 Å². The molecular formula is C29H24N4O6. The molecule has 4 aromatic rings. The molecule has 0 saturated carbocycles. The number of fused-ring (bicyclic) bond motifs is 1. The van der Waals surface area contributed by atoms with Crippen molar-refractivity contribution >= 4 is 23.5 Å². The van der Waals surface area contributed by atoms with Crippen molar-refractivity contribution in [2.24, 2.45) is 0 Å². The highest BCUT2D eigenvalue weighted by atomic mass is 16.5. The average Bonchev–Trinajstić information content (AvgIpc) is 2.99. The monoisotopic (exact) mass is 524 g/mol. The van der Waals surface area contributed by atoms with Gasteiger partial charge in [-0.2, -0.15) is 0 Å². The van der Waals surface area contributed by atoms with Crippen LogP contribution in [0.3, 0.4) is 0 Å². The van der Waals surface area contributed by atoms with Crippen molar-refractivity contribution < 1.29 is 23.9 Å². The molecule has 1 N–H and O–H groups in total. The van der Waals surface area contributed by atoms with Crippen LogP contribution in [0.15, 0.2) is 83.8 Å². The number of aryl methyl sites for hydroxylation is 1. The molecule has 0 bridgehead atoms. The molecule has 0 radical (unpaired) electrons. The van der Waals surface area contributed by atoms with Crippen molar-refractivity contribution in [1.29, 1.82) is 0 Å². The third-order valence-electron chi connectivity index (χ3n) is 6.44. The van der Waals surface area contributed by atoms with Crippen LogP contribution in [-0.2, 0) is 22.5 Å². The molecule has 5 rings (SSSR count). The normalized spacial score (nSPS) is 14.3. The molecule has 0 saturated heterocycles. The lowest BCUT2D eigenvalue weighted by molar-refractivity contribution is 0.0457. The molecule has 2 aromatic heterocycles. The standard InChI is InChI=1S/C29H24N4O6/c1-38-29(37)24-20(17-39-28(36)19-10-3-2-4-11-19)26(34)32-25(31-24)23-15-14-18-9-5-6-13-22(18)33(23)27(35)21-12-7-8-16-30-21/h2-13,16,23H,14-15,17H2,1H3,(H,31,32,34). The van der Waals surface area contributed by atoms with Crippen LogP contribution in [0.2, 0.25) is 0 Å². The molecule has 39 heavy (non-hydrogen) atoms. The minimum atomic E-state index is -0.869. The smallest absolute Gasteiger partial charge is 0.357 e. The maximum Gasteiger partial charge on any atom is 0.357 e. The van der Waals surface area contributed by atoms with Crippen LogP contribution >= 0.6 is 0 Å². The van der Waals surface area contributed by atoms with Gasteiger partial charge in [0, 0.05) is 11.9 Å². The number of nitrogens with one attached hydrogen (secondary N) is 1. The third-order valence-corrected chi connectivity index (χ3v) is 6.44. The van der Waals surface area contributed by atoms with E-state index in [2.05, 4.69) is 15.0 Å². The molecule has 1 amide bonds. The van der Waals surface area contributed by atoms with Crippen LogP contribution < -0.4 is 10.5 Å². The number of aromatic amines is 1. The van der Waals surface area contributed by atoms with Gasteiger partial charge in [0.15, 0.2) is 5.69 Å². The van der Waals surface area contributed by atoms with Crippen LogP contribution in [0.25, 0.3) is 0 Å². The van der Waals surface area contributed by atoms with Gasteiger partial charge in [-0.3, -0.25) is 19.5 Å². The highest BCUT2D eigenvalue weighted by Crippen LogP contribution is 2.38. The topological polar surface area (TPSA) is 132 Å². The first-order chi connectivity index (χ1) is 19.0. The number of anilines is 1. The van der Waals surface area contributed by atoms with Gasteiger partial charge >= 0.3 is 11.9 Å². The number of esters is 2. The zero-order valence-corrected chi connectivity index (χ0v) is 21.0. The second-order valence-electron chi connectivity index (χ2n) is 8.79. The first-order valence-electron chi connectivity index (χ1n) is 12.2. The molecule has 1 aliphatic heterocycles. The number of carbonyl (C=O) groups is 3. The Bertz CT molecular complexity index is 1590. The Morgan fingerprint density at radius 1 is 0.974 bits per heavy atom. The molecular weight excluding hydrogens is 500 g/mol. The first-order valence-corrected chi connectivity index (χ1v) is 12.2. The number of benzene rings is 2. The molecule has 1 atom stereocenters. The predicted octanol–water partition coefficient (Wildman–Crippen LogP) is 3.64. The molecule has 1 aliphatic rings. The van der Waals surface area contributed by atoms with Crippen molar-refractivity contribution in [2.45, 2.75) is 25.5 Å². The summed E-state index contributed by atoms with van der Waals surface area (Å²) in [5.41, 5.74) is 1.01. The van der Waals surface area contributed by atoms with Crippen molar-refractivity contribution in [3.63, 3.8) is 0 Å². The highest BCUT2D eigenvalue weighted by molar-refractivity contribution is 6.06. The minimum absolute atomic E-state index is 0.109. The molecule has 3 heterocycles. The summed E-state index contributed by atoms with van der Waals surface area (Å²) >= 11 is 0. The number of methoxy groups -OCH3 is 1. The van der Waals surface area contributed by atoms with Crippen LogP contribution in [0.5, 0.6) is 0 Å². The number of para-hydroxylation sites is 1. The molecule has 2 aromatic carbocycles. The molecule has 10 nitrogen and oxygen atoms in total. The van der Waals surface area contributed by atoms with Gasteiger partial charge in [-0.1, -0.05) is 42.5 Å². The van der Waals surface area contributed by atoms with E-state index in [1.165, 1.54) is 18.2 Å². The average molecular weight is 525 g/mol. The number of carbonyl (C=O) groups excluding carboxylic acids is 3. The van der Waals surface area contributed by atoms with Crippen molar-refractivity contribution in [1.82, 2.24) is 15.0 Å². The molecule has 0 aliphatic carbocycles.